The smallest absolute Gasteiger partial charge is 0.240 e. The summed E-state index contributed by atoms with van der Waals surface area (Å²) in [5.74, 6) is 0.475. The van der Waals surface area contributed by atoms with Crippen LogP contribution in [0.2, 0.25) is 0 Å². The number of piperidine rings is 1. The molecule has 0 spiro atoms. The van der Waals surface area contributed by atoms with Crippen LogP contribution in [0.4, 0.5) is 0 Å². The molecule has 2 heterocycles. The zero-order valence-corrected chi connectivity index (χ0v) is 11.8. The van der Waals surface area contributed by atoms with Crippen molar-refractivity contribution in [2.75, 3.05) is 19.6 Å². The van der Waals surface area contributed by atoms with Gasteiger partial charge in [-0.2, -0.15) is 0 Å². The number of amides is 1. The van der Waals surface area contributed by atoms with Crippen molar-refractivity contribution in [1.29, 1.82) is 0 Å². The Bertz CT molecular complexity index is 315. The third-order valence-electron chi connectivity index (χ3n) is 4.59. The first-order valence-corrected chi connectivity index (χ1v) is 7.12. The molecule has 4 heteroatoms. The SMILES string of the molecule is CC(O)C1CCN(C(=O)C2NCCCC2(C)C)C1. The van der Waals surface area contributed by atoms with E-state index in [0.717, 1.165) is 32.4 Å². The van der Waals surface area contributed by atoms with Crippen LogP contribution < -0.4 is 5.32 Å². The minimum absolute atomic E-state index is 0.0399. The summed E-state index contributed by atoms with van der Waals surface area (Å²) in [6.45, 7) is 8.61. The number of carbonyl (C=O) groups is 1. The van der Waals surface area contributed by atoms with Gasteiger partial charge < -0.3 is 15.3 Å². The van der Waals surface area contributed by atoms with Crippen LogP contribution in [0.3, 0.4) is 0 Å². The summed E-state index contributed by atoms with van der Waals surface area (Å²) in [6.07, 6.45) is 2.86. The monoisotopic (exact) mass is 254 g/mol. The zero-order chi connectivity index (χ0) is 13.3. The van der Waals surface area contributed by atoms with Crippen molar-refractivity contribution in [3.05, 3.63) is 0 Å². The summed E-state index contributed by atoms with van der Waals surface area (Å²) >= 11 is 0. The maximum atomic E-state index is 12.6. The van der Waals surface area contributed by atoms with Crippen LogP contribution in [-0.2, 0) is 4.79 Å². The molecule has 2 fully saturated rings. The average Bonchev–Trinajstić information content (AvgIpc) is 2.77. The van der Waals surface area contributed by atoms with Gasteiger partial charge in [-0.15, -0.1) is 0 Å². The highest BCUT2D eigenvalue weighted by atomic mass is 16.3. The van der Waals surface area contributed by atoms with Crippen LogP contribution >= 0.6 is 0 Å². The van der Waals surface area contributed by atoms with Crippen molar-refractivity contribution in [2.24, 2.45) is 11.3 Å². The Kier molecular flexibility index (Phi) is 3.97. The lowest BCUT2D eigenvalue weighted by atomic mass is 9.77. The molecule has 0 aromatic heterocycles. The lowest BCUT2D eigenvalue weighted by Gasteiger charge is -2.40. The van der Waals surface area contributed by atoms with Crippen LogP contribution in [0.25, 0.3) is 0 Å². The number of aliphatic hydroxyl groups is 1. The molecular weight excluding hydrogens is 228 g/mol. The Morgan fingerprint density at radius 3 is 2.78 bits per heavy atom. The summed E-state index contributed by atoms with van der Waals surface area (Å²) in [6, 6.07) is -0.0565. The number of nitrogens with zero attached hydrogens (tertiary/aromatic N) is 1. The highest BCUT2D eigenvalue weighted by molar-refractivity contribution is 5.83. The van der Waals surface area contributed by atoms with Gasteiger partial charge in [-0.3, -0.25) is 4.79 Å². The topological polar surface area (TPSA) is 52.6 Å². The number of nitrogens with one attached hydrogen (secondary N) is 1. The fraction of sp³-hybridized carbons (Fsp3) is 0.929. The molecular formula is C14H26N2O2. The van der Waals surface area contributed by atoms with Gasteiger partial charge in [0, 0.05) is 19.0 Å². The van der Waals surface area contributed by atoms with E-state index in [-0.39, 0.29) is 29.4 Å². The Morgan fingerprint density at radius 1 is 1.50 bits per heavy atom. The molecule has 0 aliphatic carbocycles. The average molecular weight is 254 g/mol. The third-order valence-corrected chi connectivity index (χ3v) is 4.59. The second-order valence-electron chi connectivity index (χ2n) is 6.55. The minimum atomic E-state index is -0.310. The van der Waals surface area contributed by atoms with E-state index in [9.17, 15) is 9.90 Å². The van der Waals surface area contributed by atoms with E-state index in [0.29, 0.717) is 6.54 Å². The van der Waals surface area contributed by atoms with E-state index in [1.54, 1.807) is 0 Å². The molecule has 104 valence electrons. The molecule has 4 nitrogen and oxygen atoms in total. The van der Waals surface area contributed by atoms with Crippen LogP contribution in [0.5, 0.6) is 0 Å². The summed E-state index contributed by atoms with van der Waals surface area (Å²) < 4.78 is 0. The Morgan fingerprint density at radius 2 is 2.22 bits per heavy atom. The van der Waals surface area contributed by atoms with Crippen LogP contribution in [0.1, 0.15) is 40.0 Å². The second-order valence-corrected chi connectivity index (χ2v) is 6.55. The van der Waals surface area contributed by atoms with Gasteiger partial charge in [0.25, 0.3) is 0 Å². The summed E-state index contributed by atoms with van der Waals surface area (Å²) in [5.41, 5.74) is 0.0399. The molecule has 2 aliphatic rings. The van der Waals surface area contributed by atoms with E-state index in [1.807, 2.05) is 11.8 Å². The van der Waals surface area contributed by atoms with E-state index >= 15 is 0 Å². The number of aliphatic hydroxyl groups excluding tert-OH is 1. The van der Waals surface area contributed by atoms with E-state index < -0.39 is 0 Å². The Labute approximate surface area is 110 Å². The predicted molar refractivity (Wildman–Crippen MR) is 71.2 cm³/mol. The Hall–Kier alpha value is -0.610. The molecule has 18 heavy (non-hydrogen) atoms. The number of likely N-dealkylation sites (tertiary alicyclic amines) is 1. The standard InChI is InChI=1S/C14H26N2O2/c1-10(17)11-5-8-16(9-11)13(18)12-14(2,3)6-4-7-15-12/h10-12,15,17H,4-9H2,1-3H3. The molecule has 0 saturated carbocycles. The number of rotatable bonds is 2. The van der Waals surface area contributed by atoms with Gasteiger partial charge in [-0.05, 0) is 38.1 Å². The van der Waals surface area contributed by atoms with Crippen molar-refractivity contribution in [3.8, 4) is 0 Å². The molecule has 2 saturated heterocycles. The first-order valence-electron chi connectivity index (χ1n) is 7.12. The molecule has 0 aromatic carbocycles. The fourth-order valence-electron chi connectivity index (χ4n) is 3.20. The fourth-order valence-corrected chi connectivity index (χ4v) is 3.20. The largest absolute Gasteiger partial charge is 0.393 e. The van der Waals surface area contributed by atoms with Crippen molar-refractivity contribution in [3.63, 3.8) is 0 Å². The zero-order valence-electron chi connectivity index (χ0n) is 11.8. The van der Waals surface area contributed by atoms with Crippen LogP contribution in [0.15, 0.2) is 0 Å². The predicted octanol–water partition coefficient (Wildman–Crippen LogP) is 0.994. The molecule has 2 aliphatic heterocycles. The van der Waals surface area contributed by atoms with Gasteiger partial charge in [0.2, 0.25) is 5.91 Å². The highest BCUT2D eigenvalue weighted by Gasteiger charge is 2.41. The molecule has 0 aromatic rings. The lowest BCUT2D eigenvalue weighted by Crippen LogP contribution is -2.56. The van der Waals surface area contributed by atoms with Crippen molar-refractivity contribution in [2.45, 2.75) is 52.2 Å². The van der Waals surface area contributed by atoms with Crippen molar-refractivity contribution in [1.82, 2.24) is 10.2 Å². The third kappa shape index (κ3) is 2.69. The normalized spacial score (nSPS) is 33.4. The lowest BCUT2D eigenvalue weighted by molar-refractivity contribution is -0.136. The first-order chi connectivity index (χ1) is 8.42. The van der Waals surface area contributed by atoms with Gasteiger partial charge in [0.05, 0.1) is 12.1 Å². The molecule has 0 radical (unpaired) electrons. The highest BCUT2D eigenvalue weighted by Crippen LogP contribution is 2.32. The van der Waals surface area contributed by atoms with Crippen LogP contribution in [0, 0.1) is 11.3 Å². The second kappa shape index (κ2) is 5.17. The van der Waals surface area contributed by atoms with Gasteiger partial charge in [0.15, 0.2) is 0 Å². The Balaban J connectivity index is 1.99. The first kappa shape index (κ1) is 13.8. The summed E-state index contributed by atoms with van der Waals surface area (Å²) in [7, 11) is 0. The van der Waals surface area contributed by atoms with E-state index in [4.69, 9.17) is 0 Å². The molecule has 1 amide bonds. The molecule has 0 bridgehead atoms. The van der Waals surface area contributed by atoms with Crippen molar-refractivity contribution >= 4 is 5.91 Å². The molecule has 2 N–H and O–H groups in total. The summed E-state index contributed by atoms with van der Waals surface area (Å²) in [4.78, 5) is 14.5. The van der Waals surface area contributed by atoms with E-state index in [2.05, 4.69) is 19.2 Å². The minimum Gasteiger partial charge on any atom is -0.393 e. The van der Waals surface area contributed by atoms with Crippen molar-refractivity contribution < 1.29 is 9.90 Å². The quantitative estimate of drug-likeness (QED) is 0.773. The maximum Gasteiger partial charge on any atom is 0.240 e. The molecule has 3 unspecified atom stereocenters. The maximum absolute atomic E-state index is 12.6. The van der Waals surface area contributed by atoms with Gasteiger partial charge in [-0.1, -0.05) is 13.8 Å². The van der Waals surface area contributed by atoms with Gasteiger partial charge in [-0.25, -0.2) is 0 Å². The molecule has 2 rings (SSSR count). The number of carbonyl (C=O) groups excluding carboxylic acids is 1. The van der Waals surface area contributed by atoms with Gasteiger partial charge >= 0.3 is 0 Å². The van der Waals surface area contributed by atoms with Gasteiger partial charge in [0.1, 0.15) is 0 Å². The van der Waals surface area contributed by atoms with Crippen LogP contribution in [-0.4, -0.2) is 47.7 Å². The number of hydrogen-bond acceptors (Lipinski definition) is 3. The summed E-state index contributed by atoms with van der Waals surface area (Å²) in [5, 5.41) is 13.0. The molecule has 3 atom stereocenters. The van der Waals surface area contributed by atoms with E-state index in [1.165, 1.54) is 0 Å². The number of hydrogen-bond donors (Lipinski definition) is 2.